The molecule has 0 aliphatic heterocycles. The van der Waals surface area contributed by atoms with E-state index in [0.717, 1.165) is 0 Å². The van der Waals surface area contributed by atoms with E-state index in [0.29, 0.717) is 14.2 Å². The Kier molecular flexibility index (Phi) is 5.30. The van der Waals surface area contributed by atoms with Gasteiger partial charge in [0.05, 0.1) is 5.56 Å². The van der Waals surface area contributed by atoms with E-state index in [1.165, 1.54) is 11.3 Å². The molecule has 0 unspecified atom stereocenters. The Hall–Kier alpha value is -1.05. The SMILES string of the molecule is O=C(O)c1ccccc1.Sc1nnc(S)s1. The van der Waals surface area contributed by atoms with Gasteiger partial charge in [0.15, 0.2) is 8.68 Å². The van der Waals surface area contributed by atoms with Crippen molar-refractivity contribution in [3.63, 3.8) is 0 Å². The second-order valence-corrected chi connectivity index (χ2v) is 4.97. The van der Waals surface area contributed by atoms with Crippen LogP contribution >= 0.6 is 36.6 Å². The summed E-state index contributed by atoms with van der Waals surface area (Å²) in [6.45, 7) is 0. The fraction of sp³-hybridized carbons (Fsp3) is 0. The van der Waals surface area contributed by atoms with E-state index in [9.17, 15) is 4.79 Å². The summed E-state index contributed by atoms with van der Waals surface area (Å²) >= 11 is 9.15. The van der Waals surface area contributed by atoms with Gasteiger partial charge in [-0.15, -0.1) is 35.5 Å². The molecular formula is C9H8N2O2S3. The third-order valence-electron chi connectivity index (χ3n) is 1.42. The first-order valence-corrected chi connectivity index (χ1v) is 5.80. The molecule has 0 spiro atoms. The molecule has 0 aliphatic rings. The molecule has 4 nitrogen and oxygen atoms in total. The van der Waals surface area contributed by atoms with Gasteiger partial charge >= 0.3 is 5.97 Å². The van der Waals surface area contributed by atoms with Crippen molar-refractivity contribution in [3.05, 3.63) is 35.9 Å². The minimum absolute atomic E-state index is 0.331. The third kappa shape index (κ3) is 4.65. The van der Waals surface area contributed by atoms with E-state index in [4.69, 9.17) is 5.11 Å². The average molecular weight is 272 g/mol. The highest BCUT2D eigenvalue weighted by atomic mass is 32.2. The Morgan fingerprint density at radius 3 is 1.88 bits per heavy atom. The largest absolute Gasteiger partial charge is 0.478 e. The molecule has 7 heteroatoms. The zero-order chi connectivity index (χ0) is 12.0. The second kappa shape index (κ2) is 6.51. The Bertz CT molecular complexity index is 442. The molecule has 0 radical (unpaired) electrons. The second-order valence-electron chi connectivity index (χ2n) is 2.54. The number of carboxylic acid groups (broad SMARTS) is 1. The molecule has 0 amide bonds. The Morgan fingerprint density at radius 2 is 1.62 bits per heavy atom. The molecule has 1 aromatic heterocycles. The number of rotatable bonds is 1. The molecular weight excluding hydrogens is 264 g/mol. The van der Waals surface area contributed by atoms with Crippen LogP contribution in [0.2, 0.25) is 0 Å². The molecule has 0 saturated heterocycles. The van der Waals surface area contributed by atoms with Crippen LogP contribution in [-0.2, 0) is 0 Å². The van der Waals surface area contributed by atoms with Crippen LogP contribution < -0.4 is 0 Å². The van der Waals surface area contributed by atoms with Gasteiger partial charge in [-0.25, -0.2) is 4.79 Å². The van der Waals surface area contributed by atoms with Crippen molar-refractivity contribution in [1.82, 2.24) is 10.2 Å². The molecule has 0 saturated carbocycles. The summed E-state index contributed by atoms with van der Waals surface area (Å²) in [6, 6.07) is 8.30. The van der Waals surface area contributed by atoms with Gasteiger partial charge in [-0.05, 0) is 12.1 Å². The molecule has 1 N–H and O–H groups in total. The molecule has 16 heavy (non-hydrogen) atoms. The Morgan fingerprint density at radius 1 is 1.12 bits per heavy atom. The first kappa shape index (κ1) is 13.0. The van der Waals surface area contributed by atoms with Crippen LogP contribution in [0.15, 0.2) is 39.0 Å². The smallest absolute Gasteiger partial charge is 0.335 e. The quantitative estimate of drug-likeness (QED) is 0.698. The molecule has 2 aromatic rings. The highest BCUT2D eigenvalue weighted by Gasteiger charge is 1.96. The van der Waals surface area contributed by atoms with Crippen LogP contribution in [0.4, 0.5) is 0 Å². The maximum absolute atomic E-state index is 10.2. The van der Waals surface area contributed by atoms with Crippen LogP contribution in [0.25, 0.3) is 0 Å². The van der Waals surface area contributed by atoms with Crippen molar-refractivity contribution in [1.29, 1.82) is 0 Å². The molecule has 1 heterocycles. The van der Waals surface area contributed by atoms with Gasteiger partial charge in [-0.1, -0.05) is 29.5 Å². The predicted molar refractivity (Wildman–Crippen MR) is 67.8 cm³/mol. The van der Waals surface area contributed by atoms with Crippen molar-refractivity contribution >= 4 is 42.6 Å². The van der Waals surface area contributed by atoms with Crippen LogP contribution in [0, 0.1) is 0 Å². The lowest BCUT2D eigenvalue weighted by atomic mass is 10.2. The number of carbonyl (C=O) groups is 1. The summed E-state index contributed by atoms with van der Waals surface area (Å²) in [7, 11) is 0. The number of benzene rings is 1. The van der Waals surface area contributed by atoms with Gasteiger partial charge in [0.2, 0.25) is 0 Å². The van der Waals surface area contributed by atoms with E-state index in [1.54, 1.807) is 30.3 Å². The van der Waals surface area contributed by atoms with Crippen LogP contribution in [0.1, 0.15) is 10.4 Å². The lowest BCUT2D eigenvalue weighted by Gasteiger charge is -1.88. The van der Waals surface area contributed by atoms with Crippen LogP contribution in [0.3, 0.4) is 0 Å². The summed E-state index contributed by atoms with van der Waals surface area (Å²) in [5, 5.41) is 15.5. The normalized spacial score (nSPS) is 9.12. The zero-order valence-electron chi connectivity index (χ0n) is 7.94. The molecule has 84 valence electrons. The standard InChI is InChI=1S/C7H6O2.C2H2N2S3/c8-7(9)6-4-2-1-3-5-6;5-1-3-4-2(6)7-1/h1-5H,(H,8,9);(H,3,5)(H,4,6). The maximum Gasteiger partial charge on any atom is 0.335 e. The summed E-state index contributed by atoms with van der Waals surface area (Å²) in [6.07, 6.45) is 0. The zero-order valence-corrected chi connectivity index (χ0v) is 10.5. The van der Waals surface area contributed by atoms with Crippen molar-refractivity contribution in [2.75, 3.05) is 0 Å². The number of hydrogen-bond donors (Lipinski definition) is 3. The van der Waals surface area contributed by atoms with E-state index in [2.05, 4.69) is 35.5 Å². The number of nitrogens with zero attached hydrogens (tertiary/aromatic N) is 2. The predicted octanol–water partition coefficient (Wildman–Crippen LogP) is 2.50. The van der Waals surface area contributed by atoms with Gasteiger partial charge in [0, 0.05) is 0 Å². The Balaban J connectivity index is 0.000000165. The van der Waals surface area contributed by atoms with E-state index in [1.807, 2.05) is 0 Å². The fourth-order valence-electron chi connectivity index (χ4n) is 0.789. The number of aromatic carboxylic acids is 1. The average Bonchev–Trinajstić information content (AvgIpc) is 2.65. The van der Waals surface area contributed by atoms with Crippen LogP contribution in [0.5, 0.6) is 0 Å². The van der Waals surface area contributed by atoms with Crippen LogP contribution in [-0.4, -0.2) is 21.3 Å². The van der Waals surface area contributed by atoms with E-state index >= 15 is 0 Å². The number of aromatic nitrogens is 2. The summed E-state index contributed by atoms with van der Waals surface area (Å²) < 4.78 is 1.31. The molecule has 0 atom stereocenters. The highest BCUT2D eigenvalue weighted by Crippen LogP contribution is 2.15. The lowest BCUT2D eigenvalue weighted by Crippen LogP contribution is -1.93. The first-order valence-electron chi connectivity index (χ1n) is 4.09. The van der Waals surface area contributed by atoms with Crippen molar-refractivity contribution < 1.29 is 9.90 Å². The van der Waals surface area contributed by atoms with Gasteiger partial charge in [-0.2, -0.15) is 0 Å². The van der Waals surface area contributed by atoms with Gasteiger partial charge < -0.3 is 5.11 Å². The van der Waals surface area contributed by atoms with E-state index in [-0.39, 0.29) is 0 Å². The molecule has 0 aliphatic carbocycles. The maximum atomic E-state index is 10.2. The number of thiol groups is 2. The topological polar surface area (TPSA) is 63.1 Å². The highest BCUT2D eigenvalue weighted by molar-refractivity contribution is 7.85. The first-order chi connectivity index (χ1) is 7.59. The number of hydrogen-bond acceptors (Lipinski definition) is 6. The lowest BCUT2D eigenvalue weighted by molar-refractivity contribution is 0.0697. The van der Waals surface area contributed by atoms with Crippen molar-refractivity contribution in [2.45, 2.75) is 8.68 Å². The molecule has 1 aromatic carbocycles. The fourth-order valence-corrected chi connectivity index (χ4v) is 1.94. The summed E-state index contributed by atoms with van der Waals surface area (Å²) in [5.41, 5.74) is 0.331. The minimum Gasteiger partial charge on any atom is -0.478 e. The van der Waals surface area contributed by atoms with Gasteiger partial charge in [-0.3, -0.25) is 0 Å². The molecule has 2 rings (SSSR count). The molecule has 0 bridgehead atoms. The third-order valence-corrected chi connectivity index (χ3v) is 2.68. The summed E-state index contributed by atoms with van der Waals surface area (Å²) in [5.74, 6) is -0.879. The minimum atomic E-state index is -0.879. The molecule has 0 fully saturated rings. The summed E-state index contributed by atoms with van der Waals surface area (Å²) in [4.78, 5) is 10.2. The van der Waals surface area contributed by atoms with Gasteiger partial charge in [0.1, 0.15) is 0 Å². The Labute approximate surface area is 107 Å². The van der Waals surface area contributed by atoms with Crippen molar-refractivity contribution in [3.8, 4) is 0 Å². The monoisotopic (exact) mass is 272 g/mol. The van der Waals surface area contributed by atoms with Gasteiger partial charge in [0.25, 0.3) is 0 Å². The van der Waals surface area contributed by atoms with Crippen molar-refractivity contribution in [2.24, 2.45) is 0 Å². The van der Waals surface area contributed by atoms with E-state index < -0.39 is 5.97 Å². The number of carboxylic acids is 1.